The number of rotatable bonds is 5. The summed E-state index contributed by atoms with van der Waals surface area (Å²) < 4.78 is 6.52. The molecule has 4 nitrogen and oxygen atoms in total. The number of hydrogen-bond acceptors (Lipinski definition) is 5. The Morgan fingerprint density at radius 2 is 1.22 bits per heavy atom. The molecule has 6 aromatic rings. The van der Waals surface area contributed by atoms with E-state index >= 15 is 0 Å². The van der Waals surface area contributed by atoms with Crippen molar-refractivity contribution in [3.63, 3.8) is 0 Å². The van der Waals surface area contributed by atoms with Crippen molar-refractivity contribution in [3.05, 3.63) is 203 Å². The van der Waals surface area contributed by atoms with E-state index in [1.54, 1.807) is 0 Å². The van der Waals surface area contributed by atoms with E-state index in [0.29, 0.717) is 11.2 Å². The lowest BCUT2D eigenvalue weighted by Crippen LogP contribution is -2.36. The Hall–Kier alpha value is -5.91. The molecule has 10 rings (SSSR count). The van der Waals surface area contributed by atoms with Gasteiger partial charge in [-0.2, -0.15) is 0 Å². The number of fused-ring (bicyclic) bond motifs is 5. The van der Waals surface area contributed by atoms with Gasteiger partial charge in [-0.3, -0.25) is 0 Å². The predicted octanol–water partition coefficient (Wildman–Crippen LogP) is 11.1. The number of furan rings is 1. The Labute approximate surface area is 301 Å². The lowest BCUT2D eigenvalue weighted by atomic mass is 9.80. The van der Waals surface area contributed by atoms with Crippen molar-refractivity contribution in [1.82, 2.24) is 5.32 Å². The van der Waals surface area contributed by atoms with Crippen LogP contribution in [-0.4, -0.2) is 16.9 Å². The zero-order valence-corrected chi connectivity index (χ0v) is 28.5. The first-order valence-electron chi connectivity index (χ1n) is 17.5. The van der Waals surface area contributed by atoms with E-state index in [1.165, 1.54) is 27.2 Å². The van der Waals surface area contributed by atoms with Crippen LogP contribution in [-0.2, 0) is 0 Å². The summed E-state index contributed by atoms with van der Waals surface area (Å²) in [5.74, 6) is 2.20. The first-order valence-corrected chi connectivity index (χ1v) is 18.3. The Morgan fingerprint density at radius 3 is 2.02 bits per heavy atom. The number of aliphatic imine (C=N–C) groups is 2. The van der Waals surface area contributed by atoms with Crippen molar-refractivity contribution < 1.29 is 4.42 Å². The number of allylic oxidation sites excluding steroid dienone is 8. The molecule has 4 atom stereocenters. The number of amidine groups is 2. The Balaban J connectivity index is 1.01. The average Bonchev–Trinajstić information content (AvgIpc) is 3.68. The molecular weight excluding hydrogens is 643 g/mol. The number of nitrogens with one attached hydrogen (secondary N) is 1. The van der Waals surface area contributed by atoms with Crippen LogP contribution in [0.4, 0.5) is 0 Å². The second kappa shape index (κ2) is 12.4. The molecule has 1 N–H and O–H groups in total. The van der Waals surface area contributed by atoms with Gasteiger partial charge in [0.15, 0.2) is 6.17 Å². The molecule has 5 heteroatoms. The highest BCUT2D eigenvalue weighted by molar-refractivity contribution is 8.04. The fourth-order valence-corrected chi connectivity index (χ4v) is 9.08. The Kier molecular flexibility index (Phi) is 7.31. The van der Waals surface area contributed by atoms with Crippen LogP contribution in [0.25, 0.3) is 33.1 Å². The standard InChI is InChI=1S/C46H33N3OS/c1-3-11-29(12-4-1)30-19-21-32(22-20-30)45-47-44(31-13-5-2-6-14-31)48-46(49-45)34-23-25-36-38-27-33(24-26-39(38)50-40(36)28-34)35-15-7-10-18-42-43(35)37-16-8-9-17-41(37)51-42/h1-28,35,37,41,46H,(H,47,48,49). The molecule has 5 aromatic carbocycles. The highest BCUT2D eigenvalue weighted by Gasteiger charge is 2.37. The quantitative estimate of drug-likeness (QED) is 0.198. The van der Waals surface area contributed by atoms with Gasteiger partial charge < -0.3 is 9.73 Å². The molecule has 0 fully saturated rings. The average molecular weight is 676 g/mol. The maximum Gasteiger partial charge on any atom is 0.169 e. The minimum Gasteiger partial charge on any atom is -0.456 e. The van der Waals surface area contributed by atoms with Gasteiger partial charge in [0.2, 0.25) is 0 Å². The third kappa shape index (κ3) is 5.42. The van der Waals surface area contributed by atoms with Crippen molar-refractivity contribution in [3.8, 4) is 11.1 Å². The van der Waals surface area contributed by atoms with Crippen LogP contribution in [0.5, 0.6) is 0 Å². The highest BCUT2D eigenvalue weighted by atomic mass is 32.2. The maximum absolute atomic E-state index is 6.52. The van der Waals surface area contributed by atoms with Gasteiger partial charge in [-0.1, -0.05) is 146 Å². The number of benzene rings is 5. The van der Waals surface area contributed by atoms with Crippen LogP contribution in [0, 0.1) is 5.92 Å². The summed E-state index contributed by atoms with van der Waals surface area (Å²) in [6, 6.07) is 42.4. The van der Waals surface area contributed by atoms with Crippen molar-refractivity contribution in [2.75, 3.05) is 0 Å². The van der Waals surface area contributed by atoms with E-state index in [-0.39, 0.29) is 5.92 Å². The van der Waals surface area contributed by atoms with E-state index in [1.807, 2.05) is 36.0 Å². The zero-order valence-electron chi connectivity index (χ0n) is 27.7. The second-order valence-electron chi connectivity index (χ2n) is 13.3. The van der Waals surface area contributed by atoms with Crippen LogP contribution < -0.4 is 5.32 Å². The molecule has 4 aliphatic rings. The monoisotopic (exact) mass is 675 g/mol. The third-order valence-corrected chi connectivity index (χ3v) is 11.6. The number of thioether (sulfide) groups is 1. The molecule has 2 aliphatic heterocycles. The molecule has 2 aliphatic carbocycles. The zero-order chi connectivity index (χ0) is 33.7. The summed E-state index contributed by atoms with van der Waals surface area (Å²) in [6.45, 7) is 0. The highest BCUT2D eigenvalue weighted by Crippen LogP contribution is 2.52. The molecule has 244 valence electrons. The van der Waals surface area contributed by atoms with Gasteiger partial charge in [-0.25, -0.2) is 9.98 Å². The summed E-state index contributed by atoms with van der Waals surface area (Å²) in [5, 5.41) is 6.23. The van der Waals surface area contributed by atoms with Crippen LogP contribution in [0.1, 0.15) is 34.3 Å². The predicted molar refractivity (Wildman–Crippen MR) is 212 cm³/mol. The molecule has 0 spiro atoms. The normalized spacial score (nSPS) is 22.0. The smallest absolute Gasteiger partial charge is 0.169 e. The number of nitrogens with zero attached hydrogens (tertiary/aromatic N) is 2. The molecule has 0 saturated heterocycles. The molecule has 51 heavy (non-hydrogen) atoms. The Bertz CT molecular complexity index is 2530. The summed E-state index contributed by atoms with van der Waals surface area (Å²) in [7, 11) is 0. The van der Waals surface area contributed by atoms with Gasteiger partial charge in [0.1, 0.15) is 22.8 Å². The van der Waals surface area contributed by atoms with Crippen molar-refractivity contribution >= 4 is 45.4 Å². The SMILES string of the molecule is C1=CC2=C(C(c3ccc4oc5cc(C6N=C(c7ccccc7)NC(c7ccc(-c8ccccc8)cc7)=N6)ccc5c4c3)C=C1)C1C=CC=CC1S2. The molecule has 0 amide bonds. The summed E-state index contributed by atoms with van der Waals surface area (Å²) >= 11 is 1.98. The minimum absolute atomic E-state index is 0.206. The van der Waals surface area contributed by atoms with E-state index in [4.69, 9.17) is 14.4 Å². The van der Waals surface area contributed by atoms with E-state index in [0.717, 1.165) is 50.3 Å². The molecular formula is C46H33N3OS. The van der Waals surface area contributed by atoms with Crippen molar-refractivity contribution in [1.29, 1.82) is 0 Å². The van der Waals surface area contributed by atoms with E-state index < -0.39 is 6.17 Å². The second-order valence-corrected chi connectivity index (χ2v) is 14.5. The van der Waals surface area contributed by atoms with Gasteiger partial charge in [0.25, 0.3) is 0 Å². The summed E-state index contributed by atoms with van der Waals surface area (Å²) in [6.07, 6.45) is 17.7. The van der Waals surface area contributed by atoms with E-state index in [9.17, 15) is 0 Å². The van der Waals surface area contributed by atoms with Gasteiger partial charge >= 0.3 is 0 Å². The van der Waals surface area contributed by atoms with Gasteiger partial charge in [0, 0.05) is 49.5 Å². The summed E-state index contributed by atoms with van der Waals surface area (Å²) in [5.41, 5.74) is 9.86. The molecule has 0 radical (unpaired) electrons. The Morgan fingerprint density at radius 1 is 0.549 bits per heavy atom. The van der Waals surface area contributed by atoms with Crippen LogP contribution >= 0.6 is 11.8 Å². The molecule has 0 bridgehead atoms. The topological polar surface area (TPSA) is 49.9 Å². The van der Waals surface area contributed by atoms with Crippen molar-refractivity contribution in [2.24, 2.45) is 15.9 Å². The molecule has 0 saturated carbocycles. The fourth-order valence-electron chi connectivity index (χ4n) is 7.67. The van der Waals surface area contributed by atoms with E-state index in [2.05, 4.69) is 151 Å². The third-order valence-electron chi connectivity index (χ3n) is 10.2. The largest absolute Gasteiger partial charge is 0.456 e. The molecule has 1 aromatic heterocycles. The lowest BCUT2D eigenvalue weighted by Gasteiger charge is -2.23. The van der Waals surface area contributed by atoms with Gasteiger partial charge in [-0.05, 0) is 46.5 Å². The molecule has 3 heterocycles. The van der Waals surface area contributed by atoms with Crippen LogP contribution in [0.15, 0.2) is 195 Å². The van der Waals surface area contributed by atoms with Gasteiger partial charge in [-0.15, -0.1) is 11.8 Å². The van der Waals surface area contributed by atoms with Crippen molar-refractivity contribution in [2.45, 2.75) is 17.3 Å². The first-order chi connectivity index (χ1) is 25.2. The lowest BCUT2D eigenvalue weighted by molar-refractivity contribution is 0.665. The minimum atomic E-state index is -0.433. The van der Waals surface area contributed by atoms with Crippen LogP contribution in [0.2, 0.25) is 0 Å². The first kappa shape index (κ1) is 30.0. The summed E-state index contributed by atoms with van der Waals surface area (Å²) in [4.78, 5) is 11.7. The fraction of sp³-hybridized carbons (Fsp3) is 0.0870. The maximum atomic E-state index is 6.52. The molecule has 4 unspecified atom stereocenters. The van der Waals surface area contributed by atoms with Gasteiger partial charge in [0.05, 0.1) is 0 Å². The van der Waals surface area contributed by atoms with Crippen LogP contribution in [0.3, 0.4) is 0 Å². The number of hydrogen-bond donors (Lipinski definition) is 1.